The van der Waals surface area contributed by atoms with Crippen LogP contribution in [0.2, 0.25) is 0 Å². The molecule has 0 spiro atoms. The van der Waals surface area contributed by atoms with Crippen LogP contribution in [0.3, 0.4) is 0 Å². The van der Waals surface area contributed by atoms with Crippen molar-refractivity contribution in [1.29, 1.82) is 0 Å². The number of nitrogens with one attached hydrogen (secondary N) is 1. The molecule has 0 aliphatic carbocycles. The van der Waals surface area contributed by atoms with Crippen molar-refractivity contribution in [3.63, 3.8) is 0 Å². The lowest BCUT2D eigenvalue weighted by molar-refractivity contribution is 0.0992. The fourth-order valence-corrected chi connectivity index (χ4v) is 2.42. The summed E-state index contributed by atoms with van der Waals surface area (Å²) in [6.45, 7) is 3.28. The monoisotopic (exact) mass is 277 g/mol. The van der Waals surface area contributed by atoms with E-state index in [1.807, 2.05) is 0 Å². The third kappa shape index (κ3) is 3.32. The first-order valence-corrected chi connectivity index (χ1v) is 6.39. The van der Waals surface area contributed by atoms with E-state index in [1.54, 1.807) is 0 Å². The Balaban J connectivity index is 3.04. The van der Waals surface area contributed by atoms with Gasteiger partial charge in [-0.3, -0.25) is 4.79 Å². The number of aryl methyl sites for hydroxylation is 1. The van der Waals surface area contributed by atoms with Crippen LogP contribution in [0.5, 0.6) is 0 Å². The second kappa shape index (κ2) is 4.91. The van der Waals surface area contributed by atoms with E-state index in [9.17, 15) is 13.2 Å². The van der Waals surface area contributed by atoms with Crippen LogP contribution in [0.25, 0.3) is 0 Å². The molecule has 0 aromatic carbocycles. The van der Waals surface area contributed by atoms with Gasteiger partial charge in [-0.15, -0.1) is 0 Å². The molecule has 1 amide bonds. The highest BCUT2D eigenvalue weighted by molar-refractivity contribution is 7.89. The first-order valence-electron chi connectivity index (χ1n) is 4.53. The number of amides is 1. The summed E-state index contributed by atoms with van der Waals surface area (Å²) in [4.78, 5) is 10.9. The third-order valence-corrected chi connectivity index (χ3v) is 3.50. The van der Waals surface area contributed by atoms with E-state index in [-0.39, 0.29) is 22.2 Å². The van der Waals surface area contributed by atoms with Gasteiger partial charge >= 0.3 is 0 Å². The van der Waals surface area contributed by atoms with Gasteiger partial charge in [0.1, 0.15) is 10.6 Å². The van der Waals surface area contributed by atoms with Crippen LogP contribution >= 0.6 is 11.6 Å². The Morgan fingerprint density at radius 2 is 2.24 bits per heavy atom. The second-order valence-electron chi connectivity index (χ2n) is 3.38. The maximum atomic E-state index is 11.7. The van der Waals surface area contributed by atoms with Crippen LogP contribution in [-0.4, -0.2) is 25.4 Å². The Morgan fingerprint density at radius 1 is 1.65 bits per heavy atom. The van der Waals surface area contributed by atoms with Gasteiger partial charge in [0.05, 0.1) is 0 Å². The quantitative estimate of drug-likeness (QED) is 0.802. The van der Waals surface area contributed by atoms with Gasteiger partial charge in [0.15, 0.2) is 0 Å². The average molecular weight is 278 g/mol. The molecule has 1 heterocycles. The number of halogens is 1. The summed E-state index contributed by atoms with van der Waals surface area (Å²) in [6.07, 6.45) is 1.29. The molecule has 0 saturated heterocycles. The van der Waals surface area contributed by atoms with Crippen LogP contribution in [0.4, 0.5) is 0 Å². The van der Waals surface area contributed by atoms with Gasteiger partial charge in [-0.05, 0) is 6.07 Å². The predicted molar refractivity (Wildman–Crippen MR) is 64.1 cm³/mol. The molecular formula is C9H12ClN3O3S. The first-order chi connectivity index (χ1) is 7.74. The summed E-state index contributed by atoms with van der Waals surface area (Å²) in [7, 11) is -2.19. The zero-order valence-corrected chi connectivity index (χ0v) is 10.7. The van der Waals surface area contributed by atoms with Gasteiger partial charge < -0.3 is 10.3 Å². The van der Waals surface area contributed by atoms with Crippen molar-refractivity contribution in [1.82, 2.24) is 9.29 Å². The number of carbonyl (C=O) groups is 1. The van der Waals surface area contributed by atoms with Crippen LogP contribution in [0, 0.1) is 0 Å². The minimum atomic E-state index is -3.71. The van der Waals surface area contributed by atoms with E-state index in [0.717, 1.165) is 0 Å². The fourth-order valence-electron chi connectivity index (χ4n) is 1.18. The molecule has 0 aliphatic heterocycles. The molecule has 94 valence electrons. The zero-order chi connectivity index (χ0) is 13.2. The van der Waals surface area contributed by atoms with E-state index in [1.165, 1.54) is 23.9 Å². The van der Waals surface area contributed by atoms with Gasteiger partial charge in [0.25, 0.3) is 5.91 Å². The number of hydrogen-bond acceptors (Lipinski definition) is 3. The molecule has 0 radical (unpaired) electrons. The van der Waals surface area contributed by atoms with E-state index in [2.05, 4.69) is 11.3 Å². The van der Waals surface area contributed by atoms with Gasteiger partial charge in [0, 0.05) is 24.8 Å². The first kappa shape index (κ1) is 13.8. The highest BCUT2D eigenvalue weighted by Gasteiger charge is 2.19. The molecule has 0 bridgehead atoms. The normalized spacial score (nSPS) is 11.4. The molecule has 0 fully saturated rings. The molecule has 3 N–H and O–H groups in total. The molecule has 0 aliphatic rings. The van der Waals surface area contributed by atoms with E-state index in [0.29, 0.717) is 0 Å². The Kier molecular flexibility index (Phi) is 3.97. The van der Waals surface area contributed by atoms with Crippen molar-refractivity contribution in [2.45, 2.75) is 4.90 Å². The predicted octanol–water partition coefficient (Wildman–Crippen LogP) is 0.155. The number of rotatable bonds is 5. The van der Waals surface area contributed by atoms with E-state index in [4.69, 9.17) is 17.3 Å². The standard InChI is InChI=1S/C9H12ClN3O3S/c1-6(10)4-12-17(15,16)7-3-8(9(11)14)13(2)5-7/h3,5,12H,1,4H2,2H3,(H2,11,14). The maximum absolute atomic E-state index is 11.7. The highest BCUT2D eigenvalue weighted by Crippen LogP contribution is 2.13. The summed E-state index contributed by atoms with van der Waals surface area (Å²) in [5, 5.41) is 0.166. The van der Waals surface area contributed by atoms with Crippen molar-refractivity contribution in [3.8, 4) is 0 Å². The molecule has 17 heavy (non-hydrogen) atoms. The molecule has 0 atom stereocenters. The van der Waals surface area contributed by atoms with Crippen molar-refractivity contribution in [3.05, 3.63) is 29.6 Å². The average Bonchev–Trinajstić information content (AvgIpc) is 2.58. The number of aromatic nitrogens is 1. The summed E-state index contributed by atoms with van der Waals surface area (Å²) in [6, 6.07) is 1.20. The smallest absolute Gasteiger partial charge is 0.265 e. The molecule has 6 nitrogen and oxygen atoms in total. The summed E-state index contributed by atoms with van der Waals surface area (Å²) in [5.41, 5.74) is 5.19. The number of nitrogens with zero attached hydrogens (tertiary/aromatic N) is 1. The Hall–Kier alpha value is -1.31. The minimum Gasteiger partial charge on any atom is -0.364 e. The Morgan fingerprint density at radius 3 is 2.65 bits per heavy atom. The van der Waals surface area contributed by atoms with E-state index >= 15 is 0 Å². The summed E-state index contributed by atoms with van der Waals surface area (Å²) >= 11 is 5.46. The largest absolute Gasteiger partial charge is 0.364 e. The molecular weight excluding hydrogens is 266 g/mol. The fraction of sp³-hybridized carbons (Fsp3) is 0.222. The summed E-state index contributed by atoms with van der Waals surface area (Å²) < 4.78 is 27.1. The number of sulfonamides is 1. The minimum absolute atomic E-state index is 0.0493. The van der Waals surface area contributed by atoms with Crippen LogP contribution in [0.1, 0.15) is 10.5 Å². The number of carbonyl (C=O) groups excluding carboxylic acids is 1. The number of nitrogens with two attached hydrogens (primary N) is 1. The van der Waals surface area contributed by atoms with Gasteiger partial charge in [0.2, 0.25) is 10.0 Å². The van der Waals surface area contributed by atoms with Crippen LogP contribution in [0.15, 0.2) is 28.8 Å². The molecule has 1 rings (SSSR count). The molecule has 0 unspecified atom stereocenters. The number of hydrogen-bond donors (Lipinski definition) is 2. The number of primary amides is 1. The van der Waals surface area contributed by atoms with Gasteiger partial charge in [-0.2, -0.15) is 0 Å². The Bertz CT molecular complexity index is 562. The lowest BCUT2D eigenvalue weighted by atomic mass is 10.4. The van der Waals surface area contributed by atoms with Crippen LogP contribution in [-0.2, 0) is 17.1 Å². The summed E-state index contributed by atoms with van der Waals surface area (Å²) in [5.74, 6) is -0.698. The maximum Gasteiger partial charge on any atom is 0.265 e. The molecule has 0 saturated carbocycles. The molecule has 8 heteroatoms. The highest BCUT2D eigenvalue weighted by atomic mass is 35.5. The van der Waals surface area contributed by atoms with Gasteiger partial charge in [-0.1, -0.05) is 18.2 Å². The Labute approximate surface area is 104 Å². The second-order valence-corrected chi connectivity index (χ2v) is 5.68. The lowest BCUT2D eigenvalue weighted by Gasteiger charge is -2.02. The zero-order valence-electron chi connectivity index (χ0n) is 9.10. The van der Waals surface area contributed by atoms with Crippen molar-refractivity contribution < 1.29 is 13.2 Å². The van der Waals surface area contributed by atoms with E-state index < -0.39 is 15.9 Å². The SMILES string of the molecule is C=C(Cl)CNS(=O)(=O)c1cc(C(N)=O)n(C)c1. The molecule has 1 aromatic heterocycles. The van der Waals surface area contributed by atoms with Crippen molar-refractivity contribution in [2.75, 3.05) is 6.54 Å². The molecule has 1 aromatic rings. The van der Waals surface area contributed by atoms with Crippen molar-refractivity contribution in [2.24, 2.45) is 12.8 Å². The van der Waals surface area contributed by atoms with Crippen molar-refractivity contribution >= 4 is 27.5 Å². The third-order valence-electron chi connectivity index (χ3n) is 2.00. The van der Waals surface area contributed by atoms with Gasteiger partial charge in [-0.25, -0.2) is 13.1 Å². The lowest BCUT2D eigenvalue weighted by Crippen LogP contribution is -2.24. The van der Waals surface area contributed by atoms with Crippen LogP contribution < -0.4 is 10.5 Å². The topological polar surface area (TPSA) is 94.2 Å².